The number of carbonyl (C=O) groups is 2. The van der Waals surface area contributed by atoms with Gasteiger partial charge in [0.25, 0.3) is 5.91 Å². The molecule has 1 aromatic heterocycles. The van der Waals surface area contributed by atoms with Crippen LogP contribution in [0.5, 0.6) is 0 Å². The van der Waals surface area contributed by atoms with Crippen molar-refractivity contribution in [3.05, 3.63) is 99.2 Å². The predicted octanol–water partition coefficient (Wildman–Crippen LogP) is 6.36. The number of H-pyrrole nitrogens is 1. The highest BCUT2D eigenvalue weighted by Crippen LogP contribution is 2.42. The van der Waals surface area contributed by atoms with Crippen LogP contribution in [0.25, 0.3) is 10.9 Å². The standard InChI is InChI=1S/C26H21Cl2N3O2/c1-15-23(18-9-4-5-11-20(18)29-15)25-16-7-2-3-8-17(16)26(33)31(25)14-13-22(32)30-21-12-6-10-19(27)24(21)28/h2-12,25,29H,13-14H2,1H3,(H,30,32)/t25-/m1/s1. The number of hydrogen-bond donors (Lipinski definition) is 2. The summed E-state index contributed by atoms with van der Waals surface area (Å²) >= 11 is 12.2. The van der Waals surface area contributed by atoms with Gasteiger partial charge in [-0.1, -0.05) is 65.7 Å². The minimum atomic E-state index is -0.271. The summed E-state index contributed by atoms with van der Waals surface area (Å²) in [7, 11) is 0. The highest BCUT2D eigenvalue weighted by molar-refractivity contribution is 6.44. The molecule has 0 saturated carbocycles. The maximum absolute atomic E-state index is 13.4. The molecular formula is C26H21Cl2N3O2. The molecule has 2 amide bonds. The van der Waals surface area contributed by atoms with Gasteiger partial charge in [0.2, 0.25) is 5.91 Å². The molecule has 2 N–H and O–H groups in total. The molecule has 2 heterocycles. The number of halogens is 2. The van der Waals surface area contributed by atoms with Gasteiger partial charge in [-0.15, -0.1) is 0 Å². The van der Waals surface area contributed by atoms with Crippen LogP contribution in [-0.2, 0) is 4.79 Å². The van der Waals surface area contributed by atoms with Gasteiger partial charge in [0.05, 0.1) is 21.8 Å². The number of aromatic amines is 1. The largest absolute Gasteiger partial charge is 0.358 e. The Morgan fingerprint density at radius 2 is 1.79 bits per heavy atom. The Labute approximate surface area is 201 Å². The van der Waals surface area contributed by atoms with Gasteiger partial charge >= 0.3 is 0 Å². The second-order valence-electron chi connectivity index (χ2n) is 8.10. The van der Waals surface area contributed by atoms with Gasteiger partial charge in [0.1, 0.15) is 0 Å². The number of nitrogens with one attached hydrogen (secondary N) is 2. The molecule has 166 valence electrons. The average molecular weight is 478 g/mol. The van der Waals surface area contributed by atoms with Gasteiger partial charge in [-0.3, -0.25) is 9.59 Å². The van der Waals surface area contributed by atoms with Crippen molar-refractivity contribution in [1.29, 1.82) is 0 Å². The van der Waals surface area contributed by atoms with Crippen molar-refractivity contribution in [3.8, 4) is 0 Å². The number of carbonyl (C=O) groups excluding carboxylic acids is 2. The number of fused-ring (bicyclic) bond motifs is 2. The van der Waals surface area contributed by atoms with Crippen molar-refractivity contribution < 1.29 is 9.59 Å². The number of rotatable bonds is 5. The van der Waals surface area contributed by atoms with Crippen LogP contribution in [0.1, 0.15) is 39.6 Å². The minimum Gasteiger partial charge on any atom is -0.358 e. The van der Waals surface area contributed by atoms with E-state index in [1.807, 2.05) is 49.4 Å². The molecule has 3 aromatic carbocycles. The first kappa shape index (κ1) is 21.6. The smallest absolute Gasteiger partial charge is 0.255 e. The highest BCUT2D eigenvalue weighted by atomic mass is 35.5. The summed E-state index contributed by atoms with van der Waals surface area (Å²) in [6.07, 6.45) is 0.125. The fourth-order valence-electron chi connectivity index (χ4n) is 4.60. The highest BCUT2D eigenvalue weighted by Gasteiger charge is 2.39. The molecule has 33 heavy (non-hydrogen) atoms. The first-order chi connectivity index (χ1) is 16.0. The lowest BCUT2D eigenvalue weighted by Crippen LogP contribution is -2.32. The summed E-state index contributed by atoms with van der Waals surface area (Å²) < 4.78 is 0. The monoisotopic (exact) mass is 477 g/mol. The summed E-state index contributed by atoms with van der Waals surface area (Å²) in [4.78, 5) is 31.3. The number of nitrogens with zero attached hydrogens (tertiary/aromatic N) is 1. The summed E-state index contributed by atoms with van der Waals surface area (Å²) in [5, 5.41) is 4.54. The molecule has 1 aliphatic heterocycles. The Bertz CT molecular complexity index is 1400. The number of aryl methyl sites for hydroxylation is 1. The van der Waals surface area contributed by atoms with Crippen LogP contribution in [0.3, 0.4) is 0 Å². The second kappa shape index (κ2) is 8.58. The first-order valence-corrected chi connectivity index (χ1v) is 11.4. The first-order valence-electron chi connectivity index (χ1n) is 10.7. The molecule has 5 rings (SSSR count). The fraction of sp³-hybridized carbons (Fsp3) is 0.154. The van der Waals surface area contributed by atoms with E-state index in [1.54, 1.807) is 23.1 Å². The van der Waals surface area contributed by atoms with E-state index < -0.39 is 0 Å². The Kier molecular flexibility index (Phi) is 5.60. The topological polar surface area (TPSA) is 65.2 Å². The molecule has 0 radical (unpaired) electrons. The van der Waals surface area contributed by atoms with E-state index in [2.05, 4.69) is 16.4 Å². The van der Waals surface area contributed by atoms with Gasteiger partial charge < -0.3 is 15.2 Å². The van der Waals surface area contributed by atoms with Crippen LogP contribution in [0.15, 0.2) is 66.7 Å². The van der Waals surface area contributed by atoms with Crippen LogP contribution in [0.2, 0.25) is 10.0 Å². The molecule has 0 saturated heterocycles. The lowest BCUT2D eigenvalue weighted by Gasteiger charge is -2.26. The fourth-order valence-corrected chi connectivity index (χ4v) is 4.95. The van der Waals surface area contributed by atoms with Crippen molar-refractivity contribution in [2.24, 2.45) is 0 Å². The van der Waals surface area contributed by atoms with E-state index >= 15 is 0 Å². The van der Waals surface area contributed by atoms with Gasteiger partial charge in [0.15, 0.2) is 0 Å². The van der Waals surface area contributed by atoms with Crippen molar-refractivity contribution >= 4 is 51.6 Å². The Morgan fingerprint density at radius 3 is 2.64 bits per heavy atom. The molecule has 1 atom stereocenters. The van der Waals surface area contributed by atoms with E-state index in [1.165, 1.54) is 0 Å². The number of benzene rings is 3. The second-order valence-corrected chi connectivity index (χ2v) is 8.88. The van der Waals surface area contributed by atoms with Crippen LogP contribution >= 0.6 is 23.2 Å². The van der Waals surface area contributed by atoms with E-state index in [0.717, 1.165) is 27.7 Å². The third kappa shape index (κ3) is 3.77. The van der Waals surface area contributed by atoms with Crippen molar-refractivity contribution in [2.75, 3.05) is 11.9 Å². The number of amides is 2. The number of hydrogen-bond acceptors (Lipinski definition) is 2. The van der Waals surface area contributed by atoms with Crippen LogP contribution in [0.4, 0.5) is 5.69 Å². The van der Waals surface area contributed by atoms with Crippen molar-refractivity contribution in [2.45, 2.75) is 19.4 Å². The Balaban J connectivity index is 1.46. The maximum atomic E-state index is 13.4. The van der Waals surface area contributed by atoms with Gasteiger partial charge in [-0.05, 0) is 36.8 Å². The number of para-hydroxylation sites is 1. The van der Waals surface area contributed by atoms with E-state index in [0.29, 0.717) is 21.3 Å². The van der Waals surface area contributed by atoms with Gasteiger partial charge in [0, 0.05) is 40.7 Å². The molecule has 4 aromatic rings. The zero-order valence-electron chi connectivity index (χ0n) is 17.9. The SMILES string of the molecule is Cc1[nH]c2ccccc2c1[C@H]1c2ccccc2C(=O)N1CCC(=O)Nc1cccc(Cl)c1Cl. The van der Waals surface area contributed by atoms with E-state index in [4.69, 9.17) is 23.2 Å². The van der Waals surface area contributed by atoms with Crippen LogP contribution in [0, 0.1) is 6.92 Å². The van der Waals surface area contributed by atoms with E-state index in [-0.39, 0.29) is 30.8 Å². The normalized spacial score (nSPS) is 15.2. The molecular weight excluding hydrogens is 457 g/mol. The third-order valence-electron chi connectivity index (χ3n) is 6.08. The van der Waals surface area contributed by atoms with Crippen LogP contribution in [-0.4, -0.2) is 28.2 Å². The molecule has 1 aliphatic rings. The number of aromatic nitrogens is 1. The molecule has 0 aliphatic carbocycles. The minimum absolute atomic E-state index is 0.0751. The van der Waals surface area contributed by atoms with Gasteiger partial charge in [-0.25, -0.2) is 0 Å². The average Bonchev–Trinajstić information content (AvgIpc) is 3.28. The van der Waals surface area contributed by atoms with Crippen molar-refractivity contribution in [3.63, 3.8) is 0 Å². The number of anilines is 1. The summed E-state index contributed by atoms with van der Waals surface area (Å²) in [6.45, 7) is 2.29. The maximum Gasteiger partial charge on any atom is 0.255 e. The molecule has 0 fully saturated rings. The Hall–Kier alpha value is -3.28. The molecule has 7 heteroatoms. The molecule has 0 spiro atoms. The Morgan fingerprint density at radius 1 is 1.03 bits per heavy atom. The summed E-state index contributed by atoms with van der Waals surface area (Å²) in [5.41, 5.74) is 5.16. The third-order valence-corrected chi connectivity index (χ3v) is 6.90. The van der Waals surface area contributed by atoms with Crippen LogP contribution < -0.4 is 5.32 Å². The molecule has 0 bridgehead atoms. The molecule has 0 unspecified atom stereocenters. The zero-order chi connectivity index (χ0) is 23.1. The summed E-state index contributed by atoms with van der Waals surface area (Å²) in [5.74, 6) is -0.314. The summed E-state index contributed by atoms with van der Waals surface area (Å²) in [6, 6.07) is 20.5. The molecule has 5 nitrogen and oxygen atoms in total. The van der Waals surface area contributed by atoms with Crippen molar-refractivity contribution in [1.82, 2.24) is 9.88 Å². The van der Waals surface area contributed by atoms with Gasteiger partial charge in [-0.2, -0.15) is 0 Å². The lowest BCUT2D eigenvalue weighted by molar-refractivity contribution is -0.116. The lowest BCUT2D eigenvalue weighted by atomic mass is 9.95. The van der Waals surface area contributed by atoms with E-state index in [9.17, 15) is 9.59 Å². The predicted molar refractivity (Wildman–Crippen MR) is 132 cm³/mol. The quantitative estimate of drug-likeness (QED) is 0.351. The zero-order valence-corrected chi connectivity index (χ0v) is 19.4.